The maximum Gasteiger partial charge on any atom is 0.409 e. The van der Waals surface area contributed by atoms with Gasteiger partial charge in [-0.3, -0.25) is 15.0 Å². The third kappa shape index (κ3) is 4.73. The lowest BCUT2D eigenvalue weighted by atomic mass is 9.78. The molecule has 1 saturated carbocycles. The normalized spacial score (nSPS) is 37.2. The number of hydrogen-bond donors (Lipinski definition) is 2. The summed E-state index contributed by atoms with van der Waals surface area (Å²) in [6.45, 7) is 1.83. The van der Waals surface area contributed by atoms with Gasteiger partial charge in [-0.15, -0.1) is 11.6 Å². The molecule has 0 aromatic heterocycles. The van der Waals surface area contributed by atoms with Gasteiger partial charge in [-0.1, -0.05) is 0 Å². The van der Waals surface area contributed by atoms with Gasteiger partial charge in [0.25, 0.3) is 0 Å². The van der Waals surface area contributed by atoms with Crippen LogP contribution in [0.1, 0.15) is 51.4 Å². The molecule has 4 rings (SSSR count). The van der Waals surface area contributed by atoms with E-state index in [4.69, 9.17) is 16.9 Å². The third-order valence-electron chi connectivity index (χ3n) is 7.79. The second kappa shape index (κ2) is 9.63. The van der Waals surface area contributed by atoms with Gasteiger partial charge >= 0.3 is 6.18 Å². The molecule has 0 aromatic rings. The highest BCUT2D eigenvalue weighted by atomic mass is 35.5. The number of fused-ring (bicyclic) bond motifs is 3. The Labute approximate surface area is 192 Å². The fourth-order valence-electron chi connectivity index (χ4n) is 6.37. The van der Waals surface area contributed by atoms with Gasteiger partial charge in [0.2, 0.25) is 5.91 Å². The molecule has 0 radical (unpaired) electrons. The summed E-state index contributed by atoms with van der Waals surface area (Å²) < 4.78 is 41.6. The van der Waals surface area contributed by atoms with Crippen molar-refractivity contribution in [3.8, 4) is 6.07 Å². The molecule has 11 heteroatoms. The summed E-state index contributed by atoms with van der Waals surface area (Å²) >= 11 is 6.31. The van der Waals surface area contributed by atoms with Crippen LogP contribution in [0.15, 0.2) is 0 Å². The average Bonchev–Trinajstić information content (AvgIpc) is 3.14. The molecule has 0 bridgehead atoms. The minimum atomic E-state index is -4.50. The molecule has 1 aliphatic carbocycles. The second-order valence-corrected chi connectivity index (χ2v) is 10.1. The molecule has 180 valence electrons. The van der Waals surface area contributed by atoms with Crippen molar-refractivity contribution in [1.29, 1.82) is 5.26 Å². The molecule has 0 aromatic carbocycles. The van der Waals surface area contributed by atoms with Crippen LogP contribution in [0.2, 0.25) is 0 Å². The summed E-state index contributed by atoms with van der Waals surface area (Å²) in [6.07, 6.45) is 0.444. The van der Waals surface area contributed by atoms with Crippen LogP contribution in [-0.2, 0) is 4.79 Å². The molecule has 2 N–H and O–H groups in total. The van der Waals surface area contributed by atoms with Gasteiger partial charge < -0.3 is 4.90 Å². The van der Waals surface area contributed by atoms with E-state index in [1.807, 2.05) is 0 Å². The molecular weight excluding hydrogens is 445 g/mol. The van der Waals surface area contributed by atoms with E-state index in [1.165, 1.54) is 7.05 Å². The molecule has 0 spiro atoms. The molecule has 5 atom stereocenters. The van der Waals surface area contributed by atoms with Gasteiger partial charge in [-0.25, -0.2) is 10.4 Å². The largest absolute Gasteiger partial charge is 0.409 e. The Bertz CT molecular complexity index is 725. The van der Waals surface area contributed by atoms with Crippen molar-refractivity contribution < 1.29 is 18.0 Å². The van der Waals surface area contributed by atoms with Crippen molar-refractivity contribution in [3.63, 3.8) is 0 Å². The summed E-state index contributed by atoms with van der Waals surface area (Å²) in [5, 5.41) is 14.6. The molecule has 3 heterocycles. The Morgan fingerprint density at radius 1 is 1.25 bits per heavy atom. The highest BCUT2D eigenvalue weighted by molar-refractivity contribution is 6.20. The molecule has 7 nitrogen and oxygen atoms in total. The second-order valence-electron chi connectivity index (χ2n) is 9.57. The molecule has 4 aliphatic rings. The highest BCUT2D eigenvalue weighted by Gasteiger charge is 2.51. The number of hydrazine groups is 1. The minimum absolute atomic E-state index is 0.0721. The number of nitrogens with one attached hydrogen (secondary N) is 2. The van der Waals surface area contributed by atoms with E-state index in [0.29, 0.717) is 37.8 Å². The molecule has 32 heavy (non-hydrogen) atoms. The fourth-order valence-corrected chi connectivity index (χ4v) is 6.65. The van der Waals surface area contributed by atoms with Gasteiger partial charge in [0.05, 0.1) is 17.7 Å². The van der Waals surface area contributed by atoms with E-state index in [2.05, 4.69) is 20.7 Å². The van der Waals surface area contributed by atoms with Crippen LogP contribution in [0, 0.1) is 17.2 Å². The number of carbonyl (C=O) groups excluding carboxylic acids is 1. The van der Waals surface area contributed by atoms with E-state index in [9.17, 15) is 18.0 Å². The first kappa shape index (κ1) is 24.0. The smallest absolute Gasteiger partial charge is 0.332 e. The Morgan fingerprint density at radius 3 is 2.62 bits per heavy atom. The van der Waals surface area contributed by atoms with Crippen molar-refractivity contribution in [2.45, 2.75) is 93.4 Å². The maximum atomic E-state index is 13.9. The van der Waals surface area contributed by atoms with Crippen LogP contribution < -0.4 is 10.7 Å². The van der Waals surface area contributed by atoms with E-state index < -0.39 is 30.5 Å². The van der Waals surface area contributed by atoms with E-state index in [-0.39, 0.29) is 17.7 Å². The van der Waals surface area contributed by atoms with E-state index in [1.54, 1.807) is 6.07 Å². The Hall–Kier alpha value is -1.12. The van der Waals surface area contributed by atoms with Gasteiger partial charge in [-0.2, -0.15) is 18.4 Å². The third-order valence-corrected chi connectivity index (χ3v) is 8.07. The Balaban J connectivity index is 1.40. The fraction of sp³-hybridized carbons (Fsp3) is 0.905. The topological polar surface area (TPSA) is 74.6 Å². The van der Waals surface area contributed by atoms with E-state index in [0.717, 1.165) is 37.3 Å². The zero-order valence-electron chi connectivity index (χ0n) is 18.3. The highest BCUT2D eigenvalue weighted by Crippen LogP contribution is 2.41. The van der Waals surface area contributed by atoms with Crippen LogP contribution in [0.25, 0.3) is 0 Å². The Kier molecular flexibility index (Phi) is 7.23. The molecule has 3 saturated heterocycles. The number of hydrogen-bond acceptors (Lipinski definition) is 6. The molecule has 4 fully saturated rings. The summed E-state index contributed by atoms with van der Waals surface area (Å²) in [6, 6.07) is 0.756. The van der Waals surface area contributed by atoms with Crippen molar-refractivity contribution in [1.82, 2.24) is 25.6 Å². The first-order chi connectivity index (χ1) is 15.2. The predicted molar refractivity (Wildman–Crippen MR) is 113 cm³/mol. The minimum Gasteiger partial charge on any atom is -0.332 e. The van der Waals surface area contributed by atoms with Crippen molar-refractivity contribution >= 4 is 17.5 Å². The lowest BCUT2D eigenvalue weighted by Gasteiger charge is -2.53. The van der Waals surface area contributed by atoms with Gasteiger partial charge in [0.15, 0.2) is 0 Å². The number of nitriles is 1. The number of nitrogens with zero attached hydrogens (tertiary/aromatic N) is 4. The van der Waals surface area contributed by atoms with Crippen LogP contribution >= 0.6 is 11.6 Å². The lowest BCUT2D eigenvalue weighted by molar-refractivity contribution is -0.201. The predicted octanol–water partition coefficient (Wildman–Crippen LogP) is 2.39. The number of rotatable bonds is 4. The van der Waals surface area contributed by atoms with Crippen LogP contribution in [-0.4, -0.2) is 82.9 Å². The standard InChI is InChI=1S/C21H32ClF3N6O/c1-29(19(32)8-9-26)20(21(23,24)25)13-4-6-14(7-5-13)30-10-2-3-15-16(30)12-27-18-11-17(22)28-31(15)18/h13-18,20,27-28H,2-8,10-12H2,1H3/t13?,14?,15?,16?,17?,18?,20-/m0/s1. The van der Waals surface area contributed by atoms with Crippen molar-refractivity contribution in [2.75, 3.05) is 20.1 Å². The number of carbonyl (C=O) groups is 1. The summed E-state index contributed by atoms with van der Waals surface area (Å²) in [4.78, 5) is 15.3. The lowest BCUT2D eigenvalue weighted by Crippen LogP contribution is -2.70. The SMILES string of the molecule is CN(C(=O)CC#N)[C@@H](C1CCC(N2CCCC3C2CNC2CC(Cl)NN23)CC1)C(F)(F)F. The van der Waals surface area contributed by atoms with Gasteiger partial charge in [0.1, 0.15) is 12.5 Å². The number of alkyl halides is 4. The van der Waals surface area contributed by atoms with Crippen molar-refractivity contribution in [3.05, 3.63) is 0 Å². The molecule has 4 unspecified atom stereocenters. The molecule has 3 aliphatic heterocycles. The monoisotopic (exact) mass is 476 g/mol. The number of piperidine rings is 1. The van der Waals surface area contributed by atoms with Crippen molar-refractivity contribution in [2.24, 2.45) is 5.92 Å². The summed E-state index contributed by atoms with van der Waals surface area (Å²) in [5.41, 5.74) is 3.30. The number of halogens is 4. The first-order valence-corrected chi connectivity index (χ1v) is 12.0. The van der Waals surface area contributed by atoms with Gasteiger partial charge in [0, 0.05) is 38.1 Å². The Morgan fingerprint density at radius 2 is 1.97 bits per heavy atom. The summed E-state index contributed by atoms with van der Waals surface area (Å²) in [5.74, 6) is -1.40. The zero-order chi connectivity index (χ0) is 23.0. The number of amides is 1. The number of likely N-dealkylation sites (tertiary alicyclic amines) is 1. The van der Waals surface area contributed by atoms with Crippen LogP contribution in [0.3, 0.4) is 0 Å². The zero-order valence-corrected chi connectivity index (χ0v) is 19.1. The van der Waals surface area contributed by atoms with E-state index >= 15 is 0 Å². The summed E-state index contributed by atoms with van der Waals surface area (Å²) in [7, 11) is 1.18. The van der Waals surface area contributed by atoms with Crippen LogP contribution in [0.4, 0.5) is 13.2 Å². The quantitative estimate of drug-likeness (QED) is 0.479. The molecular formula is C21H32ClF3N6O. The maximum absolute atomic E-state index is 13.9. The molecule has 1 amide bonds. The van der Waals surface area contributed by atoms with Gasteiger partial charge in [-0.05, 0) is 51.0 Å². The van der Waals surface area contributed by atoms with Crippen LogP contribution in [0.5, 0.6) is 0 Å². The first-order valence-electron chi connectivity index (χ1n) is 11.6. The average molecular weight is 477 g/mol.